The van der Waals surface area contributed by atoms with E-state index in [2.05, 4.69) is 29.5 Å². The molecule has 0 aliphatic rings. The largest absolute Gasteiger partial charge is 0.379 e. The van der Waals surface area contributed by atoms with E-state index < -0.39 is 0 Å². The molecule has 0 amide bonds. The first-order valence-electron chi connectivity index (χ1n) is 5.04. The average molecular weight is 201 g/mol. The van der Waals surface area contributed by atoms with E-state index in [1.54, 1.807) is 0 Å². The van der Waals surface area contributed by atoms with Gasteiger partial charge in [-0.2, -0.15) is 5.10 Å². The van der Waals surface area contributed by atoms with Gasteiger partial charge in [-0.15, -0.1) is 0 Å². The van der Waals surface area contributed by atoms with Crippen molar-refractivity contribution in [3.63, 3.8) is 0 Å². The lowest BCUT2D eigenvalue weighted by molar-refractivity contribution is 0.720. The zero-order valence-electron chi connectivity index (χ0n) is 9.07. The van der Waals surface area contributed by atoms with Crippen LogP contribution in [0.15, 0.2) is 36.5 Å². The molecule has 1 aromatic heterocycles. The Kier molecular flexibility index (Phi) is 2.72. The van der Waals surface area contributed by atoms with Crippen LogP contribution in [0, 0.1) is 6.92 Å². The van der Waals surface area contributed by atoms with E-state index >= 15 is 0 Å². The van der Waals surface area contributed by atoms with Crippen LogP contribution in [0.1, 0.15) is 11.3 Å². The van der Waals surface area contributed by atoms with Crippen molar-refractivity contribution in [1.29, 1.82) is 0 Å². The van der Waals surface area contributed by atoms with Gasteiger partial charge < -0.3 is 5.32 Å². The molecule has 0 saturated heterocycles. The van der Waals surface area contributed by atoms with E-state index in [1.165, 1.54) is 16.9 Å². The van der Waals surface area contributed by atoms with Crippen LogP contribution >= 0.6 is 0 Å². The Hall–Kier alpha value is -1.77. The van der Waals surface area contributed by atoms with Gasteiger partial charge in [-0.25, -0.2) is 0 Å². The smallest absolute Gasteiger partial charge is 0.0571 e. The number of nitrogens with one attached hydrogen (secondary N) is 1. The molecule has 0 atom stereocenters. The summed E-state index contributed by atoms with van der Waals surface area (Å²) in [4.78, 5) is 0. The second-order valence-electron chi connectivity index (χ2n) is 3.61. The Morgan fingerprint density at radius 1 is 1.27 bits per heavy atom. The lowest BCUT2D eigenvalue weighted by Gasteiger charge is -2.09. The highest BCUT2D eigenvalue weighted by molar-refractivity contribution is 5.50. The Morgan fingerprint density at radius 3 is 2.73 bits per heavy atom. The van der Waals surface area contributed by atoms with Crippen molar-refractivity contribution in [2.24, 2.45) is 7.05 Å². The molecular weight excluding hydrogens is 186 g/mol. The molecule has 0 spiro atoms. The maximum Gasteiger partial charge on any atom is 0.0571 e. The number of aryl methyl sites for hydroxylation is 2. The lowest BCUT2D eigenvalue weighted by atomic mass is 10.2. The molecule has 2 rings (SSSR count). The third-order valence-corrected chi connectivity index (χ3v) is 2.53. The fourth-order valence-electron chi connectivity index (χ4n) is 1.53. The van der Waals surface area contributed by atoms with Gasteiger partial charge in [0.1, 0.15) is 0 Å². The van der Waals surface area contributed by atoms with Gasteiger partial charge in [-0.3, -0.25) is 4.68 Å². The second kappa shape index (κ2) is 4.17. The zero-order valence-corrected chi connectivity index (χ0v) is 9.07. The Morgan fingerprint density at radius 2 is 2.07 bits per heavy atom. The summed E-state index contributed by atoms with van der Waals surface area (Å²) in [6.07, 6.45) is 1.81. The maximum atomic E-state index is 4.13. The second-order valence-corrected chi connectivity index (χ2v) is 3.61. The summed E-state index contributed by atoms with van der Waals surface area (Å²) >= 11 is 0. The summed E-state index contributed by atoms with van der Waals surface area (Å²) in [5.74, 6) is 0. The summed E-state index contributed by atoms with van der Waals surface area (Å²) in [7, 11) is 1.95. The van der Waals surface area contributed by atoms with Gasteiger partial charge in [-0.05, 0) is 24.6 Å². The van der Waals surface area contributed by atoms with E-state index in [9.17, 15) is 0 Å². The first-order valence-corrected chi connectivity index (χ1v) is 5.04. The average Bonchev–Trinajstić information content (AvgIpc) is 2.63. The number of para-hydroxylation sites is 1. The highest BCUT2D eigenvalue weighted by atomic mass is 15.3. The van der Waals surface area contributed by atoms with Crippen LogP contribution in [0.5, 0.6) is 0 Å². The number of anilines is 1. The number of nitrogens with zero attached hydrogens (tertiary/aromatic N) is 2. The number of hydrogen-bond donors (Lipinski definition) is 1. The van der Waals surface area contributed by atoms with Gasteiger partial charge in [0.05, 0.1) is 12.2 Å². The molecule has 1 aromatic carbocycles. The van der Waals surface area contributed by atoms with Crippen LogP contribution < -0.4 is 5.32 Å². The van der Waals surface area contributed by atoms with Gasteiger partial charge in [0.2, 0.25) is 0 Å². The van der Waals surface area contributed by atoms with Crippen molar-refractivity contribution in [1.82, 2.24) is 9.78 Å². The van der Waals surface area contributed by atoms with Crippen molar-refractivity contribution in [3.05, 3.63) is 47.8 Å². The number of rotatable bonds is 3. The number of aromatic nitrogens is 2. The van der Waals surface area contributed by atoms with Crippen molar-refractivity contribution >= 4 is 5.69 Å². The number of benzene rings is 1. The molecule has 0 saturated carbocycles. The van der Waals surface area contributed by atoms with Crippen molar-refractivity contribution in [2.75, 3.05) is 5.32 Å². The molecule has 15 heavy (non-hydrogen) atoms. The Bertz CT molecular complexity index is 446. The van der Waals surface area contributed by atoms with Crippen molar-refractivity contribution < 1.29 is 0 Å². The molecule has 0 radical (unpaired) electrons. The van der Waals surface area contributed by atoms with Gasteiger partial charge in [-0.1, -0.05) is 18.2 Å². The van der Waals surface area contributed by atoms with Crippen molar-refractivity contribution in [3.8, 4) is 0 Å². The highest BCUT2D eigenvalue weighted by Crippen LogP contribution is 2.14. The third-order valence-electron chi connectivity index (χ3n) is 2.53. The molecular formula is C12H15N3. The molecule has 0 unspecified atom stereocenters. The first-order chi connectivity index (χ1) is 7.27. The van der Waals surface area contributed by atoms with E-state index in [0.717, 1.165) is 6.54 Å². The van der Waals surface area contributed by atoms with Crippen LogP contribution in [0.4, 0.5) is 5.69 Å². The van der Waals surface area contributed by atoms with Gasteiger partial charge in [0, 0.05) is 18.9 Å². The Labute approximate surface area is 89.7 Å². The minimum absolute atomic E-state index is 0.807. The number of hydrogen-bond acceptors (Lipinski definition) is 2. The van der Waals surface area contributed by atoms with Crippen LogP contribution in [0.25, 0.3) is 0 Å². The molecule has 2 aromatic rings. The molecule has 0 bridgehead atoms. The molecule has 0 fully saturated rings. The summed E-state index contributed by atoms with van der Waals surface area (Å²) in [6, 6.07) is 10.3. The quantitative estimate of drug-likeness (QED) is 0.826. The maximum absolute atomic E-state index is 4.13. The van der Waals surface area contributed by atoms with Crippen LogP contribution in [-0.4, -0.2) is 9.78 Å². The predicted octanol–water partition coefficient (Wildman–Crippen LogP) is 2.34. The summed E-state index contributed by atoms with van der Waals surface area (Å²) in [5, 5.41) is 7.52. The van der Waals surface area contributed by atoms with E-state index in [0.29, 0.717) is 0 Å². The zero-order chi connectivity index (χ0) is 10.7. The van der Waals surface area contributed by atoms with E-state index in [1.807, 2.05) is 36.1 Å². The lowest BCUT2D eigenvalue weighted by Crippen LogP contribution is -2.06. The van der Waals surface area contributed by atoms with E-state index in [-0.39, 0.29) is 0 Å². The standard InChI is InChI=1S/C12H15N3/c1-10-5-3-4-6-12(10)13-9-11-7-8-14-15(11)2/h3-8,13H,9H2,1-2H3. The third kappa shape index (κ3) is 2.18. The molecule has 0 aliphatic carbocycles. The molecule has 1 heterocycles. The first kappa shape index (κ1) is 9.77. The molecule has 3 heteroatoms. The van der Waals surface area contributed by atoms with Gasteiger partial charge in [0.25, 0.3) is 0 Å². The topological polar surface area (TPSA) is 29.9 Å². The van der Waals surface area contributed by atoms with Crippen LogP contribution in [0.2, 0.25) is 0 Å². The molecule has 3 nitrogen and oxygen atoms in total. The van der Waals surface area contributed by atoms with E-state index in [4.69, 9.17) is 0 Å². The summed E-state index contributed by atoms with van der Waals surface area (Å²) in [6.45, 7) is 2.91. The van der Waals surface area contributed by atoms with Gasteiger partial charge >= 0.3 is 0 Å². The Balaban J connectivity index is 2.06. The SMILES string of the molecule is Cc1ccccc1NCc1ccnn1C. The van der Waals surface area contributed by atoms with Crippen LogP contribution in [-0.2, 0) is 13.6 Å². The fourth-order valence-corrected chi connectivity index (χ4v) is 1.53. The monoisotopic (exact) mass is 201 g/mol. The molecule has 78 valence electrons. The fraction of sp³-hybridized carbons (Fsp3) is 0.250. The summed E-state index contributed by atoms with van der Waals surface area (Å²) < 4.78 is 1.88. The van der Waals surface area contributed by atoms with Gasteiger partial charge in [0.15, 0.2) is 0 Å². The molecule has 0 aliphatic heterocycles. The minimum atomic E-state index is 0.807. The highest BCUT2D eigenvalue weighted by Gasteiger charge is 1.99. The predicted molar refractivity (Wildman–Crippen MR) is 61.7 cm³/mol. The minimum Gasteiger partial charge on any atom is -0.379 e. The van der Waals surface area contributed by atoms with Crippen molar-refractivity contribution in [2.45, 2.75) is 13.5 Å². The summed E-state index contributed by atoms with van der Waals surface area (Å²) in [5.41, 5.74) is 3.62. The molecule has 1 N–H and O–H groups in total. The normalized spacial score (nSPS) is 10.3. The van der Waals surface area contributed by atoms with Crippen LogP contribution in [0.3, 0.4) is 0 Å².